The number of ether oxygens (including phenoxy) is 1. The second-order valence-corrected chi connectivity index (χ2v) is 6.71. The third-order valence-corrected chi connectivity index (χ3v) is 4.12. The second-order valence-electron chi connectivity index (χ2n) is 5.96. The molecule has 1 atom stereocenters. The minimum absolute atomic E-state index is 0.0867. The van der Waals surface area contributed by atoms with Gasteiger partial charge in [-0.2, -0.15) is 0 Å². The van der Waals surface area contributed by atoms with Gasteiger partial charge in [0.25, 0.3) is 5.91 Å². The number of esters is 1. The van der Waals surface area contributed by atoms with Crippen LogP contribution in [0.1, 0.15) is 42.6 Å². The van der Waals surface area contributed by atoms with Gasteiger partial charge in [-0.05, 0) is 18.0 Å². The Kier molecular flexibility index (Phi) is 4.08. The molecule has 0 spiro atoms. The van der Waals surface area contributed by atoms with Gasteiger partial charge in [-0.3, -0.25) is 9.59 Å². The van der Waals surface area contributed by atoms with Crippen LogP contribution in [0.4, 0.5) is 0 Å². The summed E-state index contributed by atoms with van der Waals surface area (Å²) in [4.78, 5) is 26.3. The third-order valence-electron chi connectivity index (χ3n) is 3.40. The molecule has 0 bridgehead atoms. The Balaban J connectivity index is 2.14. The maximum atomic E-state index is 12.5. The molecule has 20 heavy (non-hydrogen) atoms. The molecule has 1 saturated heterocycles. The number of aromatic nitrogens is 2. The van der Waals surface area contributed by atoms with Crippen LogP contribution in [0.15, 0.2) is 0 Å². The summed E-state index contributed by atoms with van der Waals surface area (Å²) in [7, 11) is 1.37. The molecule has 1 aliphatic rings. The molecule has 110 valence electrons. The molecule has 0 saturated carbocycles. The molecule has 0 aromatic carbocycles. The number of carbonyl (C=O) groups is 2. The van der Waals surface area contributed by atoms with Crippen molar-refractivity contribution in [3.05, 3.63) is 10.6 Å². The highest BCUT2D eigenvalue weighted by molar-refractivity contribution is 7.08. The van der Waals surface area contributed by atoms with E-state index >= 15 is 0 Å². The van der Waals surface area contributed by atoms with Crippen molar-refractivity contribution >= 4 is 23.4 Å². The van der Waals surface area contributed by atoms with Crippen molar-refractivity contribution in [1.29, 1.82) is 0 Å². The lowest BCUT2D eigenvalue weighted by Gasteiger charge is -2.19. The Morgan fingerprint density at radius 1 is 1.40 bits per heavy atom. The Bertz CT molecular complexity index is 521. The highest BCUT2D eigenvalue weighted by Crippen LogP contribution is 2.28. The number of hydrogen-bond donors (Lipinski definition) is 0. The van der Waals surface area contributed by atoms with Crippen LogP contribution in [-0.2, 0) is 14.9 Å². The van der Waals surface area contributed by atoms with Crippen LogP contribution < -0.4 is 0 Å². The predicted molar refractivity (Wildman–Crippen MR) is 74.6 cm³/mol. The smallest absolute Gasteiger partial charge is 0.310 e. The van der Waals surface area contributed by atoms with Gasteiger partial charge in [0.1, 0.15) is 4.88 Å². The lowest BCUT2D eigenvalue weighted by atomic mass is 9.91. The van der Waals surface area contributed by atoms with Gasteiger partial charge in [0.05, 0.1) is 18.7 Å². The highest BCUT2D eigenvalue weighted by Gasteiger charge is 2.35. The summed E-state index contributed by atoms with van der Waals surface area (Å²) in [5.74, 6) is -0.557. The summed E-state index contributed by atoms with van der Waals surface area (Å²) in [5, 5.41) is 4.08. The first-order valence-electron chi connectivity index (χ1n) is 6.54. The molecule has 1 fully saturated rings. The summed E-state index contributed by atoms with van der Waals surface area (Å²) in [5.41, 5.74) is 0.494. The van der Waals surface area contributed by atoms with E-state index in [0.29, 0.717) is 30.1 Å². The topological polar surface area (TPSA) is 72.4 Å². The fourth-order valence-corrected chi connectivity index (χ4v) is 3.11. The number of nitrogens with zero attached hydrogens (tertiary/aromatic N) is 3. The van der Waals surface area contributed by atoms with E-state index in [1.807, 2.05) is 20.8 Å². The molecule has 1 amide bonds. The SMILES string of the molecule is COC(=O)C1CCN(C(=O)c2snnc2C(C)(C)C)C1. The summed E-state index contributed by atoms with van der Waals surface area (Å²) in [6.45, 7) is 6.98. The van der Waals surface area contributed by atoms with Crippen molar-refractivity contribution in [1.82, 2.24) is 14.5 Å². The molecule has 2 rings (SSSR count). The maximum Gasteiger partial charge on any atom is 0.310 e. The monoisotopic (exact) mass is 297 g/mol. The van der Waals surface area contributed by atoms with E-state index < -0.39 is 0 Å². The summed E-state index contributed by atoms with van der Waals surface area (Å²) < 4.78 is 8.64. The second kappa shape index (κ2) is 5.47. The fraction of sp³-hybridized carbons (Fsp3) is 0.692. The summed E-state index contributed by atoms with van der Waals surface area (Å²) in [6.07, 6.45) is 0.648. The van der Waals surface area contributed by atoms with Crippen molar-refractivity contribution in [3.8, 4) is 0 Å². The Morgan fingerprint density at radius 2 is 2.10 bits per heavy atom. The van der Waals surface area contributed by atoms with Gasteiger partial charge in [-0.15, -0.1) is 5.10 Å². The van der Waals surface area contributed by atoms with Gasteiger partial charge in [-0.1, -0.05) is 25.3 Å². The quantitative estimate of drug-likeness (QED) is 0.773. The highest BCUT2D eigenvalue weighted by atomic mass is 32.1. The molecular weight excluding hydrogens is 278 g/mol. The first-order valence-corrected chi connectivity index (χ1v) is 7.32. The number of methoxy groups -OCH3 is 1. The normalized spacial score (nSPS) is 19.2. The van der Waals surface area contributed by atoms with Gasteiger partial charge in [0.15, 0.2) is 0 Å². The average molecular weight is 297 g/mol. The first kappa shape index (κ1) is 14.9. The molecule has 1 aliphatic heterocycles. The van der Waals surface area contributed by atoms with E-state index in [1.165, 1.54) is 7.11 Å². The largest absolute Gasteiger partial charge is 0.469 e. The van der Waals surface area contributed by atoms with Crippen LogP contribution in [0.25, 0.3) is 0 Å². The minimum Gasteiger partial charge on any atom is -0.469 e. The number of amides is 1. The van der Waals surface area contributed by atoms with E-state index in [4.69, 9.17) is 4.74 Å². The number of hydrogen-bond acceptors (Lipinski definition) is 6. The van der Waals surface area contributed by atoms with Crippen molar-refractivity contribution in [2.45, 2.75) is 32.6 Å². The van der Waals surface area contributed by atoms with Crippen molar-refractivity contribution < 1.29 is 14.3 Å². The van der Waals surface area contributed by atoms with Gasteiger partial charge < -0.3 is 9.64 Å². The number of carbonyl (C=O) groups excluding carboxylic acids is 2. The van der Waals surface area contributed by atoms with Crippen LogP contribution in [0.3, 0.4) is 0 Å². The molecular formula is C13H19N3O3S. The molecule has 1 aromatic rings. The van der Waals surface area contributed by atoms with Crippen LogP contribution in [0.5, 0.6) is 0 Å². The molecule has 0 N–H and O–H groups in total. The van der Waals surface area contributed by atoms with Gasteiger partial charge in [-0.25, -0.2) is 0 Å². The van der Waals surface area contributed by atoms with Crippen LogP contribution >= 0.6 is 11.5 Å². The fourth-order valence-electron chi connectivity index (χ4n) is 2.27. The summed E-state index contributed by atoms with van der Waals surface area (Å²) >= 11 is 1.12. The maximum absolute atomic E-state index is 12.5. The van der Waals surface area contributed by atoms with E-state index in [2.05, 4.69) is 9.59 Å². The molecule has 0 radical (unpaired) electrons. The Labute approximate surface area is 122 Å². The Morgan fingerprint density at radius 3 is 2.70 bits per heavy atom. The summed E-state index contributed by atoms with van der Waals surface area (Å²) in [6, 6.07) is 0. The first-order chi connectivity index (χ1) is 9.34. The zero-order valence-corrected chi connectivity index (χ0v) is 13.0. The van der Waals surface area contributed by atoms with Gasteiger partial charge >= 0.3 is 5.97 Å². The van der Waals surface area contributed by atoms with Gasteiger partial charge in [0, 0.05) is 18.5 Å². The van der Waals surface area contributed by atoms with Crippen LogP contribution in [0.2, 0.25) is 0 Å². The molecule has 7 heteroatoms. The van der Waals surface area contributed by atoms with E-state index in [9.17, 15) is 9.59 Å². The number of likely N-dealkylation sites (tertiary alicyclic amines) is 1. The molecule has 2 heterocycles. The molecule has 0 aliphatic carbocycles. The van der Waals surface area contributed by atoms with Crippen molar-refractivity contribution in [3.63, 3.8) is 0 Å². The molecule has 1 aromatic heterocycles. The average Bonchev–Trinajstić information content (AvgIpc) is 3.04. The predicted octanol–water partition coefficient (Wildman–Crippen LogP) is 1.47. The van der Waals surface area contributed by atoms with E-state index in [0.717, 1.165) is 11.5 Å². The van der Waals surface area contributed by atoms with Crippen LogP contribution in [-0.4, -0.2) is 46.6 Å². The zero-order valence-electron chi connectivity index (χ0n) is 12.2. The Hall–Kier alpha value is -1.50. The van der Waals surface area contributed by atoms with E-state index in [1.54, 1.807) is 4.90 Å². The third kappa shape index (κ3) is 2.82. The lowest BCUT2D eigenvalue weighted by molar-refractivity contribution is -0.144. The van der Waals surface area contributed by atoms with Crippen LogP contribution in [0, 0.1) is 5.92 Å². The van der Waals surface area contributed by atoms with Gasteiger partial charge in [0.2, 0.25) is 0 Å². The van der Waals surface area contributed by atoms with Crippen molar-refractivity contribution in [2.75, 3.05) is 20.2 Å². The molecule has 6 nitrogen and oxygen atoms in total. The lowest BCUT2D eigenvalue weighted by Crippen LogP contribution is -2.31. The standard InChI is InChI=1S/C13H19N3O3S/c1-13(2,3)10-9(20-15-14-10)11(17)16-6-5-8(7-16)12(18)19-4/h8H,5-7H2,1-4H3. The van der Waals surface area contributed by atoms with Crippen molar-refractivity contribution in [2.24, 2.45) is 5.92 Å². The zero-order chi connectivity index (χ0) is 14.9. The van der Waals surface area contributed by atoms with E-state index in [-0.39, 0.29) is 23.2 Å². The molecule has 1 unspecified atom stereocenters. The minimum atomic E-state index is -0.251. The number of rotatable bonds is 2.